The van der Waals surface area contributed by atoms with Gasteiger partial charge in [-0.15, -0.1) is 11.8 Å². The summed E-state index contributed by atoms with van der Waals surface area (Å²) in [4.78, 5) is 17.4. The molecule has 0 atom stereocenters. The van der Waals surface area contributed by atoms with E-state index in [1.165, 1.54) is 0 Å². The Labute approximate surface area is 160 Å². The molecule has 0 aliphatic heterocycles. The SMILES string of the molecule is COCCOc1ncccc1CNC(=O)CCSc1ccc(Br)cc1. The molecule has 0 saturated carbocycles. The molecule has 2 rings (SSSR count). The van der Waals surface area contributed by atoms with Crippen molar-refractivity contribution in [3.8, 4) is 5.88 Å². The van der Waals surface area contributed by atoms with Crippen LogP contribution in [0.1, 0.15) is 12.0 Å². The summed E-state index contributed by atoms with van der Waals surface area (Å²) in [6.07, 6.45) is 2.13. The van der Waals surface area contributed by atoms with Gasteiger partial charge < -0.3 is 14.8 Å². The highest BCUT2D eigenvalue weighted by Gasteiger charge is 2.07. The van der Waals surface area contributed by atoms with Crippen LogP contribution in [0, 0.1) is 0 Å². The number of halogens is 1. The Morgan fingerprint density at radius 1 is 1.24 bits per heavy atom. The van der Waals surface area contributed by atoms with Crippen LogP contribution in [0.2, 0.25) is 0 Å². The molecular formula is C18H21BrN2O3S. The number of aromatic nitrogens is 1. The molecule has 7 heteroatoms. The third-order valence-electron chi connectivity index (χ3n) is 3.26. The molecule has 25 heavy (non-hydrogen) atoms. The van der Waals surface area contributed by atoms with Crippen LogP contribution in [0.5, 0.6) is 5.88 Å². The molecule has 0 spiro atoms. The fourth-order valence-corrected chi connectivity index (χ4v) is 3.10. The molecule has 0 bridgehead atoms. The summed E-state index contributed by atoms with van der Waals surface area (Å²) >= 11 is 5.07. The van der Waals surface area contributed by atoms with Crippen LogP contribution in [-0.2, 0) is 16.1 Å². The first-order chi connectivity index (χ1) is 12.2. The van der Waals surface area contributed by atoms with Crippen molar-refractivity contribution in [3.05, 3.63) is 52.6 Å². The predicted octanol–water partition coefficient (Wildman–Crippen LogP) is 3.67. The Kier molecular flexibility index (Phi) is 8.79. The van der Waals surface area contributed by atoms with Gasteiger partial charge in [-0.3, -0.25) is 4.79 Å². The molecule has 1 amide bonds. The molecule has 134 valence electrons. The Bertz CT molecular complexity index is 668. The number of nitrogens with one attached hydrogen (secondary N) is 1. The van der Waals surface area contributed by atoms with Crippen molar-refractivity contribution in [2.45, 2.75) is 17.9 Å². The van der Waals surface area contributed by atoms with Crippen LogP contribution < -0.4 is 10.1 Å². The number of pyridine rings is 1. The van der Waals surface area contributed by atoms with Crippen LogP contribution in [0.15, 0.2) is 52.0 Å². The summed E-state index contributed by atoms with van der Waals surface area (Å²) in [6, 6.07) is 11.8. The Balaban J connectivity index is 1.73. The maximum Gasteiger partial charge on any atom is 0.221 e. The number of rotatable bonds is 10. The van der Waals surface area contributed by atoms with E-state index in [2.05, 4.69) is 26.2 Å². The van der Waals surface area contributed by atoms with E-state index in [-0.39, 0.29) is 5.91 Å². The van der Waals surface area contributed by atoms with E-state index >= 15 is 0 Å². The minimum Gasteiger partial charge on any atom is -0.475 e. The van der Waals surface area contributed by atoms with Gasteiger partial charge in [-0.05, 0) is 30.3 Å². The van der Waals surface area contributed by atoms with Crippen molar-refractivity contribution in [1.29, 1.82) is 0 Å². The monoisotopic (exact) mass is 424 g/mol. The molecule has 1 aromatic heterocycles. The number of carbonyl (C=O) groups excluding carboxylic acids is 1. The number of thioether (sulfide) groups is 1. The molecule has 0 saturated heterocycles. The predicted molar refractivity (Wildman–Crippen MR) is 103 cm³/mol. The second-order valence-corrected chi connectivity index (χ2v) is 7.22. The van der Waals surface area contributed by atoms with E-state index < -0.39 is 0 Å². The van der Waals surface area contributed by atoms with E-state index in [1.54, 1.807) is 25.1 Å². The second kappa shape index (κ2) is 11.1. The van der Waals surface area contributed by atoms with Crippen molar-refractivity contribution in [3.63, 3.8) is 0 Å². The van der Waals surface area contributed by atoms with Gasteiger partial charge in [-0.1, -0.05) is 22.0 Å². The first-order valence-electron chi connectivity index (χ1n) is 7.89. The number of hydrogen-bond donors (Lipinski definition) is 1. The van der Waals surface area contributed by atoms with Gasteiger partial charge in [0, 0.05) is 47.0 Å². The minimum atomic E-state index is 0.0105. The summed E-state index contributed by atoms with van der Waals surface area (Å²) in [7, 11) is 1.62. The van der Waals surface area contributed by atoms with Crippen LogP contribution in [-0.4, -0.2) is 37.0 Å². The molecule has 0 aliphatic carbocycles. The Morgan fingerprint density at radius 2 is 2.04 bits per heavy atom. The molecule has 0 aliphatic rings. The molecule has 0 unspecified atom stereocenters. The van der Waals surface area contributed by atoms with E-state index in [0.717, 1.165) is 20.7 Å². The standard InChI is InChI=1S/C18H21BrN2O3S/c1-23-10-11-24-18-14(3-2-9-20-18)13-21-17(22)8-12-25-16-6-4-15(19)5-7-16/h2-7,9H,8,10-13H2,1H3,(H,21,22). The number of nitrogens with zero attached hydrogens (tertiary/aromatic N) is 1. The molecule has 5 nitrogen and oxygen atoms in total. The third kappa shape index (κ3) is 7.46. The van der Waals surface area contributed by atoms with Gasteiger partial charge in [-0.25, -0.2) is 4.98 Å². The summed E-state index contributed by atoms with van der Waals surface area (Å²) in [5.41, 5.74) is 0.854. The molecular weight excluding hydrogens is 404 g/mol. The largest absolute Gasteiger partial charge is 0.475 e. The fraction of sp³-hybridized carbons (Fsp3) is 0.333. The van der Waals surface area contributed by atoms with Gasteiger partial charge in [0.2, 0.25) is 11.8 Å². The third-order valence-corrected chi connectivity index (χ3v) is 4.81. The number of methoxy groups -OCH3 is 1. The molecule has 0 fully saturated rings. The summed E-state index contributed by atoms with van der Waals surface area (Å²) in [5.74, 6) is 1.28. The van der Waals surface area contributed by atoms with Gasteiger partial charge in [0.05, 0.1) is 6.61 Å². The quantitative estimate of drug-likeness (QED) is 0.465. The van der Waals surface area contributed by atoms with Gasteiger partial charge in [0.15, 0.2) is 0 Å². The highest BCUT2D eigenvalue weighted by molar-refractivity contribution is 9.10. The first-order valence-corrected chi connectivity index (χ1v) is 9.67. The maximum absolute atomic E-state index is 12.0. The second-order valence-electron chi connectivity index (χ2n) is 5.14. The summed E-state index contributed by atoms with van der Waals surface area (Å²) in [5, 5.41) is 2.91. The van der Waals surface area contributed by atoms with Crippen LogP contribution >= 0.6 is 27.7 Å². The van der Waals surface area contributed by atoms with Crippen molar-refractivity contribution >= 4 is 33.6 Å². The van der Waals surface area contributed by atoms with Gasteiger partial charge >= 0.3 is 0 Å². The number of hydrogen-bond acceptors (Lipinski definition) is 5. The average molecular weight is 425 g/mol. The molecule has 2 aromatic rings. The van der Waals surface area contributed by atoms with Crippen LogP contribution in [0.25, 0.3) is 0 Å². The smallest absolute Gasteiger partial charge is 0.221 e. The Hall–Kier alpha value is -1.57. The van der Waals surface area contributed by atoms with E-state index in [9.17, 15) is 4.79 Å². The van der Waals surface area contributed by atoms with E-state index in [4.69, 9.17) is 9.47 Å². The zero-order valence-electron chi connectivity index (χ0n) is 14.0. The van der Waals surface area contributed by atoms with Crippen molar-refractivity contribution in [2.75, 3.05) is 26.1 Å². The van der Waals surface area contributed by atoms with Crippen LogP contribution in [0.4, 0.5) is 0 Å². The van der Waals surface area contributed by atoms with E-state index in [0.29, 0.717) is 32.1 Å². The topological polar surface area (TPSA) is 60.5 Å². The number of amides is 1. The number of benzene rings is 1. The lowest BCUT2D eigenvalue weighted by Gasteiger charge is -2.10. The lowest BCUT2D eigenvalue weighted by atomic mass is 10.2. The summed E-state index contributed by atoms with van der Waals surface area (Å²) in [6.45, 7) is 1.33. The maximum atomic E-state index is 12.0. The van der Waals surface area contributed by atoms with E-state index in [1.807, 2.05) is 36.4 Å². The van der Waals surface area contributed by atoms with Gasteiger partial charge in [-0.2, -0.15) is 0 Å². The Morgan fingerprint density at radius 3 is 2.80 bits per heavy atom. The molecule has 1 N–H and O–H groups in total. The molecule has 1 aromatic carbocycles. The zero-order chi connectivity index (χ0) is 17.9. The van der Waals surface area contributed by atoms with Gasteiger partial charge in [0.1, 0.15) is 6.61 Å². The molecule has 0 radical (unpaired) electrons. The van der Waals surface area contributed by atoms with Crippen LogP contribution in [0.3, 0.4) is 0 Å². The highest BCUT2D eigenvalue weighted by atomic mass is 79.9. The normalized spacial score (nSPS) is 10.5. The zero-order valence-corrected chi connectivity index (χ0v) is 16.4. The number of ether oxygens (including phenoxy) is 2. The summed E-state index contributed by atoms with van der Waals surface area (Å²) < 4.78 is 11.6. The van der Waals surface area contributed by atoms with Crippen molar-refractivity contribution in [1.82, 2.24) is 10.3 Å². The molecule has 1 heterocycles. The number of carbonyl (C=O) groups is 1. The first kappa shape index (κ1) is 19.8. The van der Waals surface area contributed by atoms with Crippen molar-refractivity contribution < 1.29 is 14.3 Å². The van der Waals surface area contributed by atoms with Crippen molar-refractivity contribution in [2.24, 2.45) is 0 Å². The lowest BCUT2D eigenvalue weighted by Crippen LogP contribution is -2.23. The highest BCUT2D eigenvalue weighted by Crippen LogP contribution is 2.21. The average Bonchev–Trinajstić information content (AvgIpc) is 2.63. The van der Waals surface area contributed by atoms with Gasteiger partial charge in [0.25, 0.3) is 0 Å². The lowest BCUT2D eigenvalue weighted by molar-refractivity contribution is -0.120. The fourth-order valence-electron chi connectivity index (χ4n) is 1.98. The minimum absolute atomic E-state index is 0.0105.